The molecule has 4 heteroatoms. The van der Waals surface area contributed by atoms with E-state index in [1.165, 1.54) is 17.1 Å². The van der Waals surface area contributed by atoms with Gasteiger partial charge in [0.25, 0.3) is 11.8 Å². The van der Waals surface area contributed by atoms with Crippen molar-refractivity contribution in [1.29, 1.82) is 0 Å². The number of rotatable bonds is 2. The largest absolute Gasteiger partial charge is 0.278 e. The van der Waals surface area contributed by atoms with Crippen LogP contribution in [0.2, 0.25) is 19.6 Å². The summed E-state index contributed by atoms with van der Waals surface area (Å²) in [5, 5.41) is 0. The Bertz CT molecular complexity index is 234. The Morgan fingerprint density at radius 3 is 1.92 bits per heavy atom. The van der Waals surface area contributed by atoms with E-state index in [2.05, 4.69) is 19.6 Å². The van der Waals surface area contributed by atoms with Crippen molar-refractivity contribution in [1.82, 2.24) is 4.90 Å². The maximum absolute atomic E-state index is 11.1. The quantitative estimate of drug-likeness (QED) is 0.469. The molecule has 12 heavy (non-hydrogen) atoms. The summed E-state index contributed by atoms with van der Waals surface area (Å²) in [6.07, 6.45) is 3.29. The zero-order valence-corrected chi connectivity index (χ0v) is 8.63. The SMILES string of the molecule is C[Si](C)(C)CN1C(=O)C=CC1=O. The first kappa shape index (κ1) is 9.19. The van der Waals surface area contributed by atoms with E-state index >= 15 is 0 Å². The molecule has 0 unspecified atom stereocenters. The van der Waals surface area contributed by atoms with E-state index in [1.54, 1.807) is 0 Å². The van der Waals surface area contributed by atoms with Crippen molar-refractivity contribution in [3.63, 3.8) is 0 Å². The molecule has 1 rings (SSSR count). The zero-order valence-electron chi connectivity index (χ0n) is 7.63. The van der Waals surface area contributed by atoms with Crippen LogP contribution in [0.3, 0.4) is 0 Å². The Kier molecular flexibility index (Phi) is 2.19. The first-order valence-electron chi connectivity index (χ1n) is 3.94. The standard InChI is InChI=1S/C8H13NO2Si/c1-12(2,3)6-9-7(10)4-5-8(9)11/h4-5H,6H2,1-3H3. The van der Waals surface area contributed by atoms with Crippen LogP contribution in [0.1, 0.15) is 0 Å². The molecule has 1 heterocycles. The topological polar surface area (TPSA) is 37.4 Å². The van der Waals surface area contributed by atoms with Crippen LogP contribution >= 0.6 is 0 Å². The normalized spacial score (nSPS) is 17.8. The van der Waals surface area contributed by atoms with Crippen LogP contribution in [-0.4, -0.2) is 31.0 Å². The Morgan fingerprint density at radius 1 is 1.17 bits per heavy atom. The van der Waals surface area contributed by atoms with E-state index in [1.807, 2.05) is 0 Å². The van der Waals surface area contributed by atoms with Crippen LogP contribution in [0.4, 0.5) is 0 Å². The molecule has 0 radical (unpaired) electrons. The highest BCUT2D eigenvalue weighted by Crippen LogP contribution is 2.09. The fourth-order valence-electron chi connectivity index (χ4n) is 1.06. The number of hydrogen-bond donors (Lipinski definition) is 0. The van der Waals surface area contributed by atoms with Crippen molar-refractivity contribution in [3.8, 4) is 0 Å². The fourth-order valence-corrected chi connectivity index (χ4v) is 2.32. The van der Waals surface area contributed by atoms with Gasteiger partial charge < -0.3 is 0 Å². The summed E-state index contributed by atoms with van der Waals surface area (Å²) in [6.45, 7) is 6.39. The summed E-state index contributed by atoms with van der Waals surface area (Å²) < 4.78 is 0. The smallest absolute Gasteiger partial charge is 0.253 e. The molecule has 3 nitrogen and oxygen atoms in total. The number of amides is 2. The van der Waals surface area contributed by atoms with E-state index < -0.39 is 8.07 Å². The van der Waals surface area contributed by atoms with Gasteiger partial charge in [0.15, 0.2) is 0 Å². The van der Waals surface area contributed by atoms with Crippen LogP contribution in [0.25, 0.3) is 0 Å². The second-order valence-electron chi connectivity index (χ2n) is 4.16. The molecule has 1 aliphatic heterocycles. The number of nitrogens with zero attached hydrogens (tertiary/aromatic N) is 1. The summed E-state index contributed by atoms with van der Waals surface area (Å²) in [6, 6.07) is 0. The van der Waals surface area contributed by atoms with Gasteiger partial charge in [-0.2, -0.15) is 0 Å². The molecule has 0 fully saturated rings. The molecule has 0 aromatic heterocycles. The number of imide groups is 1. The molecule has 0 saturated heterocycles. The van der Waals surface area contributed by atoms with Crippen LogP contribution in [-0.2, 0) is 9.59 Å². The summed E-state index contributed by atoms with van der Waals surface area (Å²) >= 11 is 0. The second-order valence-corrected chi connectivity index (χ2v) is 9.59. The average Bonchev–Trinajstić information content (AvgIpc) is 2.16. The average molecular weight is 183 g/mol. The maximum atomic E-state index is 11.1. The Labute approximate surface area is 73.1 Å². The van der Waals surface area contributed by atoms with Crippen molar-refractivity contribution < 1.29 is 9.59 Å². The number of carbonyl (C=O) groups excluding carboxylic acids is 2. The first-order chi connectivity index (χ1) is 5.40. The maximum Gasteiger partial charge on any atom is 0.253 e. The Hall–Kier alpha value is -0.903. The van der Waals surface area contributed by atoms with Gasteiger partial charge >= 0.3 is 0 Å². The summed E-state index contributed by atoms with van der Waals surface area (Å²) in [4.78, 5) is 23.5. The van der Waals surface area contributed by atoms with Crippen molar-refractivity contribution >= 4 is 19.9 Å². The van der Waals surface area contributed by atoms with Crippen molar-refractivity contribution in [3.05, 3.63) is 12.2 Å². The van der Waals surface area contributed by atoms with Gasteiger partial charge in [0.05, 0.1) is 8.07 Å². The highest BCUT2D eigenvalue weighted by Gasteiger charge is 2.28. The molecule has 0 atom stereocenters. The molecular weight excluding hydrogens is 170 g/mol. The molecule has 0 spiro atoms. The molecule has 1 aliphatic rings. The molecule has 66 valence electrons. The molecule has 0 saturated carbocycles. The second kappa shape index (κ2) is 2.86. The summed E-state index contributed by atoms with van der Waals surface area (Å²) in [5.41, 5.74) is 0. The zero-order chi connectivity index (χ0) is 9.35. The van der Waals surface area contributed by atoms with Crippen LogP contribution < -0.4 is 0 Å². The minimum Gasteiger partial charge on any atom is -0.278 e. The summed E-state index contributed by atoms with van der Waals surface area (Å²) in [7, 11) is -1.36. The lowest BCUT2D eigenvalue weighted by molar-refractivity contribution is -0.135. The molecule has 0 aliphatic carbocycles. The van der Waals surface area contributed by atoms with Gasteiger partial charge in [0.1, 0.15) is 0 Å². The van der Waals surface area contributed by atoms with Crippen LogP contribution in [0.5, 0.6) is 0 Å². The van der Waals surface area contributed by atoms with E-state index in [0.29, 0.717) is 6.17 Å². The Morgan fingerprint density at radius 2 is 1.58 bits per heavy atom. The molecule has 0 N–H and O–H groups in total. The molecule has 0 bridgehead atoms. The van der Waals surface area contributed by atoms with E-state index in [-0.39, 0.29) is 11.8 Å². The van der Waals surface area contributed by atoms with Gasteiger partial charge in [-0.25, -0.2) is 0 Å². The van der Waals surface area contributed by atoms with Crippen molar-refractivity contribution in [2.75, 3.05) is 6.17 Å². The summed E-state index contributed by atoms with van der Waals surface area (Å²) in [5.74, 6) is -0.329. The van der Waals surface area contributed by atoms with Gasteiger partial charge in [0, 0.05) is 18.3 Å². The van der Waals surface area contributed by atoms with E-state index in [0.717, 1.165) is 0 Å². The fraction of sp³-hybridized carbons (Fsp3) is 0.500. The highest BCUT2D eigenvalue weighted by atomic mass is 28.3. The molecule has 0 aromatic rings. The van der Waals surface area contributed by atoms with Crippen molar-refractivity contribution in [2.45, 2.75) is 19.6 Å². The lowest BCUT2D eigenvalue weighted by Gasteiger charge is -2.22. The van der Waals surface area contributed by atoms with Crippen LogP contribution in [0, 0.1) is 0 Å². The third-order valence-electron chi connectivity index (χ3n) is 1.53. The minimum atomic E-state index is -1.36. The van der Waals surface area contributed by atoms with Gasteiger partial charge in [-0.05, 0) is 0 Å². The highest BCUT2D eigenvalue weighted by molar-refractivity contribution is 6.76. The van der Waals surface area contributed by atoms with E-state index in [9.17, 15) is 9.59 Å². The molecular formula is C8H13NO2Si. The van der Waals surface area contributed by atoms with Gasteiger partial charge in [-0.1, -0.05) is 19.6 Å². The van der Waals surface area contributed by atoms with Gasteiger partial charge in [-0.15, -0.1) is 0 Å². The monoisotopic (exact) mass is 183 g/mol. The molecule has 0 aromatic carbocycles. The van der Waals surface area contributed by atoms with Gasteiger partial charge in [0.2, 0.25) is 0 Å². The third kappa shape index (κ3) is 2.04. The third-order valence-corrected chi connectivity index (χ3v) is 2.80. The van der Waals surface area contributed by atoms with E-state index in [4.69, 9.17) is 0 Å². The Balaban J connectivity index is 2.66. The lowest BCUT2D eigenvalue weighted by Crippen LogP contribution is -2.43. The lowest BCUT2D eigenvalue weighted by atomic mass is 10.6. The number of carbonyl (C=O) groups is 2. The first-order valence-corrected chi connectivity index (χ1v) is 7.64. The van der Waals surface area contributed by atoms with Gasteiger partial charge in [-0.3, -0.25) is 14.5 Å². The predicted octanol–water partition coefficient (Wildman–Crippen LogP) is 0.789. The predicted molar refractivity (Wildman–Crippen MR) is 49.2 cm³/mol. The molecule has 2 amide bonds. The van der Waals surface area contributed by atoms with Crippen LogP contribution in [0.15, 0.2) is 12.2 Å². The number of hydrogen-bond acceptors (Lipinski definition) is 2. The minimum absolute atomic E-state index is 0.164. The van der Waals surface area contributed by atoms with Crippen molar-refractivity contribution in [2.24, 2.45) is 0 Å².